The molecule has 1 N–H and O–H groups in total. The van der Waals surface area contributed by atoms with Crippen LogP contribution in [0, 0.1) is 5.41 Å². The molecule has 1 aliphatic heterocycles. The Morgan fingerprint density at radius 1 is 1.31 bits per heavy atom. The molecule has 0 fully saturated rings. The molecule has 0 amide bonds. The number of nitrogens with one attached hydrogen (secondary N) is 1. The molecule has 0 radical (unpaired) electrons. The number of Topliss-reactive ketones (excluding diaryl/α,β-unsaturated/α-hetero) is 1. The maximum Gasteiger partial charge on any atom is 0.146 e. The summed E-state index contributed by atoms with van der Waals surface area (Å²) in [4.78, 5) is 12.3. The van der Waals surface area contributed by atoms with Gasteiger partial charge in [0.1, 0.15) is 5.78 Å². The fraction of sp³-hybridized carbons (Fsp3) is 0.500. The summed E-state index contributed by atoms with van der Waals surface area (Å²) >= 11 is 0. The lowest BCUT2D eigenvalue weighted by atomic mass is 9.77. The van der Waals surface area contributed by atoms with Gasteiger partial charge in [0.15, 0.2) is 0 Å². The molecule has 1 aromatic carbocycles. The minimum atomic E-state index is -0.267. The van der Waals surface area contributed by atoms with Gasteiger partial charge in [-0.15, -0.1) is 0 Å². The van der Waals surface area contributed by atoms with Crippen molar-refractivity contribution in [1.82, 2.24) is 5.32 Å². The molecule has 2 rings (SSSR count). The number of fused-ring (bicyclic) bond motifs is 1. The van der Waals surface area contributed by atoms with Crippen LogP contribution in [-0.2, 0) is 11.3 Å². The third-order valence-electron chi connectivity index (χ3n) is 3.15. The molecule has 86 valence electrons. The lowest BCUT2D eigenvalue weighted by Crippen LogP contribution is -2.37. The summed E-state index contributed by atoms with van der Waals surface area (Å²) in [6.07, 6.45) is 0. The average Bonchev–Trinajstić information content (AvgIpc) is 2.26. The van der Waals surface area contributed by atoms with Gasteiger partial charge in [-0.2, -0.15) is 0 Å². The molecule has 1 aliphatic rings. The van der Waals surface area contributed by atoms with Crippen LogP contribution in [0.1, 0.15) is 37.8 Å². The number of ketones is 1. The summed E-state index contributed by atoms with van der Waals surface area (Å²) in [7, 11) is 0. The topological polar surface area (TPSA) is 29.1 Å². The summed E-state index contributed by atoms with van der Waals surface area (Å²) in [6, 6.07) is 8.24. The molecule has 0 aromatic heterocycles. The van der Waals surface area contributed by atoms with Crippen molar-refractivity contribution in [3.05, 3.63) is 35.4 Å². The molecule has 1 unspecified atom stereocenters. The number of hydrogen-bond acceptors (Lipinski definition) is 2. The van der Waals surface area contributed by atoms with E-state index in [2.05, 4.69) is 17.4 Å². The molecular weight excluding hydrogens is 198 g/mol. The van der Waals surface area contributed by atoms with Crippen LogP contribution in [0.4, 0.5) is 0 Å². The van der Waals surface area contributed by atoms with Crippen molar-refractivity contribution in [3.8, 4) is 0 Å². The first-order valence-electron chi connectivity index (χ1n) is 5.83. The van der Waals surface area contributed by atoms with E-state index in [1.165, 1.54) is 11.1 Å². The van der Waals surface area contributed by atoms with Crippen molar-refractivity contribution in [2.45, 2.75) is 33.2 Å². The average molecular weight is 217 g/mol. The van der Waals surface area contributed by atoms with E-state index in [0.29, 0.717) is 5.78 Å². The molecular formula is C14H19NO. The summed E-state index contributed by atoms with van der Waals surface area (Å²) in [5, 5.41) is 3.32. The highest BCUT2D eigenvalue weighted by Gasteiger charge is 2.33. The highest BCUT2D eigenvalue weighted by atomic mass is 16.1. The second kappa shape index (κ2) is 4.02. The van der Waals surface area contributed by atoms with Crippen molar-refractivity contribution in [3.63, 3.8) is 0 Å². The van der Waals surface area contributed by atoms with E-state index in [1.807, 2.05) is 32.9 Å². The number of benzene rings is 1. The van der Waals surface area contributed by atoms with Crippen molar-refractivity contribution in [1.29, 1.82) is 0 Å². The van der Waals surface area contributed by atoms with Crippen LogP contribution in [0.3, 0.4) is 0 Å². The molecule has 16 heavy (non-hydrogen) atoms. The molecule has 0 bridgehead atoms. The van der Waals surface area contributed by atoms with Crippen LogP contribution in [0.5, 0.6) is 0 Å². The quantitative estimate of drug-likeness (QED) is 0.783. The highest BCUT2D eigenvalue weighted by Crippen LogP contribution is 2.31. The van der Waals surface area contributed by atoms with E-state index < -0.39 is 0 Å². The zero-order chi connectivity index (χ0) is 11.8. The number of hydrogen-bond donors (Lipinski definition) is 1. The molecule has 0 saturated heterocycles. The van der Waals surface area contributed by atoms with Crippen LogP contribution < -0.4 is 5.32 Å². The van der Waals surface area contributed by atoms with Crippen LogP contribution in [0.15, 0.2) is 24.3 Å². The number of carbonyl (C=O) groups excluding carboxylic acids is 1. The minimum Gasteiger partial charge on any atom is -0.312 e. The van der Waals surface area contributed by atoms with Crippen molar-refractivity contribution >= 4 is 5.78 Å². The van der Waals surface area contributed by atoms with Gasteiger partial charge in [0, 0.05) is 18.5 Å². The SMILES string of the molecule is CC(C)(C)C(=O)C1CNCc2ccccc21. The second-order valence-electron chi connectivity index (χ2n) is 5.50. The predicted octanol–water partition coefficient (Wildman–Crippen LogP) is 2.49. The predicted molar refractivity (Wildman–Crippen MR) is 65.4 cm³/mol. The van der Waals surface area contributed by atoms with E-state index in [0.717, 1.165) is 13.1 Å². The summed E-state index contributed by atoms with van der Waals surface area (Å²) < 4.78 is 0. The second-order valence-corrected chi connectivity index (χ2v) is 5.50. The van der Waals surface area contributed by atoms with Gasteiger partial charge < -0.3 is 5.32 Å². The Morgan fingerprint density at radius 3 is 2.69 bits per heavy atom. The maximum absolute atomic E-state index is 12.3. The standard InChI is InChI=1S/C14H19NO/c1-14(2,3)13(16)12-9-15-8-10-6-4-5-7-11(10)12/h4-7,12,15H,8-9H2,1-3H3. The maximum atomic E-state index is 12.3. The molecule has 1 atom stereocenters. The van der Waals surface area contributed by atoms with Crippen molar-refractivity contribution in [2.75, 3.05) is 6.54 Å². The zero-order valence-corrected chi connectivity index (χ0v) is 10.2. The smallest absolute Gasteiger partial charge is 0.146 e. The fourth-order valence-corrected chi connectivity index (χ4v) is 2.25. The Labute approximate surface area is 97.1 Å². The van der Waals surface area contributed by atoms with E-state index >= 15 is 0 Å². The Kier molecular flexibility index (Phi) is 2.85. The Bertz CT molecular complexity index is 403. The molecule has 1 aromatic rings. The first-order valence-corrected chi connectivity index (χ1v) is 5.83. The van der Waals surface area contributed by atoms with Crippen molar-refractivity contribution in [2.24, 2.45) is 5.41 Å². The third-order valence-corrected chi connectivity index (χ3v) is 3.15. The highest BCUT2D eigenvalue weighted by molar-refractivity contribution is 5.90. The van der Waals surface area contributed by atoms with Gasteiger partial charge in [0.05, 0.1) is 5.92 Å². The van der Waals surface area contributed by atoms with E-state index in [1.54, 1.807) is 0 Å². The number of carbonyl (C=O) groups is 1. The third kappa shape index (κ3) is 2.03. The van der Waals surface area contributed by atoms with Gasteiger partial charge in [-0.3, -0.25) is 4.79 Å². The molecule has 0 spiro atoms. The molecule has 2 heteroatoms. The summed E-state index contributed by atoms with van der Waals surface area (Å²) in [5.41, 5.74) is 2.20. The van der Waals surface area contributed by atoms with Gasteiger partial charge >= 0.3 is 0 Å². The molecule has 1 heterocycles. The van der Waals surface area contributed by atoms with E-state index in [9.17, 15) is 4.79 Å². The first kappa shape index (κ1) is 11.3. The van der Waals surface area contributed by atoms with Gasteiger partial charge in [0.2, 0.25) is 0 Å². The lowest BCUT2D eigenvalue weighted by Gasteiger charge is -2.30. The number of rotatable bonds is 1. The molecule has 0 saturated carbocycles. The first-order chi connectivity index (χ1) is 7.50. The van der Waals surface area contributed by atoms with Crippen LogP contribution in [0.25, 0.3) is 0 Å². The largest absolute Gasteiger partial charge is 0.312 e. The monoisotopic (exact) mass is 217 g/mol. The minimum absolute atomic E-state index is 0.0185. The van der Waals surface area contributed by atoms with Gasteiger partial charge in [0.25, 0.3) is 0 Å². The van der Waals surface area contributed by atoms with E-state index in [4.69, 9.17) is 0 Å². The van der Waals surface area contributed by atoms with Crippen molar-refractivity contribution < 1.29 is 4.79 Å². The summed E-state index contributed by atoms with van der Waals surface area (Å²) in [6.45, 7) is 7.63. The van der Waals surface area contributed by atoms with Crippen LogP contribution in [-0.4, -0.2) is 12.3 Å². The van der Waals surface area contributed by atoms with Gasteiger partial charge in [-0.1, -0.05) is 45.0 Å². The molecule has 2 nitrogen and oxygen atoms in total. The Morgan fingerprint density at radius 2 is 2.00 bits per heavy atom. The zero-order valence-electron chi connectivity index (χ0n) is 10.2. The normalized spacial score (nSPS) is 20.3. The van der Waals surface area contributed by atoms with Crippen LogP contribution in [0.2, 0.25) is 0 Å². The van der Waals surface area contributed by atoms with E-state index in [-0.39, 0.29) is 11.3 Å². The Balaban J connectivity index is 2.36. The summed E-state index contributed by atoms with van der Waals surface area (Å²) in [5.74, 6) is 0.345. The van der Waals surface area contributed by atoms with Gasteiger partial charge in [-0.25, -0.2) is 0 Å². The van der Waals surface area contributed by atoms with Crippen LogP contribution >= 0.6 is 0 Å². The molecule has 0 aliphatic carbocycles. The Hall–Kier alpha value is -1.15. The fourth-order valence-electron chi connectivity index (χ4n) is 2.25. The lowest BCUT2D eigenvalue weighted by molar-refractivity contribution is -0.127. The van der Waals surface area contributed by atoms with Gasteiger partial charge in [-0.05, 0) is 11.1 Å².